The molecule has 0 spiro atoms. The first-order valence-corrected chi connectivity index (χ1v) is 6.78. The average molecular weight is 313 g/mol. The smallest absolute Gasteiger partial charge is 0.184 e. The van der Waals surface area contributed by atoms with E-state index in [1.54, 1.807) is 0 Å². The van der Waals surface area contributed by atoms with Gasteiger partial charge in [-0.2, -0.15) is 0 Å². The van der Waals surface area contributed by atoms with E-state index in [1.807, 2.05) is 54.6 Å². The Morgan fingerprint density at radius 3 is 2.32 bits per heavy atom. The minimum atomic E-state index is 0.734. The standard InChI is InChI=1S/C16H9BrO2/c17-15-11-6-2-4-8-13(11)19-16(15)14-9-10-5-1-3-7-12(10)18-14/h1-9H. The van der Waals surface area contributed by atoms with Crippen molar-refractivity contribution in [1.82, 2.24) is 0 Å². The van der Waals surface area contributed by atoms with Crippen LogP contribution in [0, 0.1) is 0 Å². The molecule has 19 heavy (non-hydrogen) atoms. The molecular weight excluding hydrogens is 304 g/mol. The first kappa shape index (κ1) is 10.9. The molecule has 0 fully saturated rings. The zero-order chi connectivity index (χ0) is 12.8. The minimum absolute atomic E-state index is 0.734. The van der Waals surface area contributed by atoms with Crippen molar-refractivity contribution in [3.63, 3.8) is 0 Å². The Morgan fingerprint density at radius 2 is 1.53 bits per heavy atom. The third kappa shape index (κ3) is 1.62. The highest BCUT2D eigenvalue weighted by Crippen LogP contribution is 2.39. The topological polar surface area (TPSA) is 26.3 Å². The van der Waals surface area contributed by atoms with Gasteiger partial charge in [0, 0.05) is 10.8 Å². The van der Waals surface area contributed by atoms with E-state index in [9.17, 15) is 0 Å². The van der Waals surface area contributed by atoms with E-state index in [1.165, 1.54) is 0 Å². The van der Waals surface area contributed by atoms with Gasteiger partial charge in [0.1, 0.15) is 11.2 Å². The van der Waals surface area contributed by atoms with Crippen LogP contribution in [0.15, 0.2) is 67.9 Å². The Kier molecular flexibility index (Phi) is 2.29. The van der Waals surface area contributed by atoms with Gasteiger partial charge in [-0.15, -0.1) is 0 Å². The Balaban J connectivity index is 2.01. The van der Waals surface area contributed by atoms with Crippen LogP contribution in [0.5, 0.6) is 0 Å². The fourth-order valence-corrected chi connectivity index (χ4v) is 2.87. The van der Waals surface area contributed by atoms with Crippen molar-refractivity contribution in [2.24, 2.45) is 0 Å². The number of benzene rings is 2. The van der Waals surface area contributed by atoms with Gasteiger partial charge in [-0.3, -0.25) is 0 Å². The quantitative estimate of drug-likeness (QED) is 0.456. The van der Waals surface area contributed by atoms with Crippen molar-refractivity contribution in [2.45, 2.75) is 0 Å². The van der Waals surface area contributed by atoms with Crippen LogP contribution in [0.2, 0.25) is 0 Å². The highest BCUT2D eigenvalue weighted by Gasteiger charge is 2.16. The summed E-state index contributed by atoms with van der Waals surface area (Å²) in [6.45, 7) is 0. The molecule has 2 nitrogen and oxygen atoms in total. The molecule has 4 rings (SSSR count). The number of hydrogen-bond donors (Lipinski definition) is 0. The first-order valence-electron chi connectivity index (χ1n) is 5.99. The minimum Gasteiger partial charge on any atom is -0.453 e. The summed E-state index contributed by atoms with van der Waals surface area (Å²) in [5.41, 5.74) is 1.72. The molecule has 0 bridgehead atoms. The van der Waals surface area contributed by atoms with Gasteiger partial charge in [0.15, 0.2) is 11.5 Å². The van der Waals surface area contributed by atoms with Crippen molar-refractivity contribution in [1.29, 1.82) is 0 Å². The number of fused-ring (bicyclic) bond motifs is 2. The molecule has 0 amide bonds. The highest BCUT2D eigenvalue weighted by molar-refractivity contribution is 9.10. The molecule has 3 heteroatoms. The zero-order valence-corrected chi connectivity index (χ0v) is 11.5. The second-order valence-corrected chi connectivity index (χ2v) is 5.18. The molecule has 0 unspecified atom stereocenters. The summed E-state index contributed by atoms with van der Waals surface area (Å²) < 4.78 is 12.6. The van der Waals surface area contributed by atoms with Crippen molar-refractivity contribution in [2.75, 3.05) is 0 Å². The number of halogens is 1. The SMILES string of the molecule is Brc1c(-c2cc3ccccc3o2)oc2ccccc12. The second kappa shape index (κ2) is 4.00. The molecular formula is C16H9BrO2. The molecule has 0 aliphatic rings. The van der Waals surface area contributed by atoms with Crippen LogP contribution in [-0.4, -0.2) is 0 Å². The summed E-state index contributed by atoms with van der Waals surface area (Å²) in [7, 11) is 0. The fraction of sp³-hybridized carbons (Fsp3) is 0. The molecule has 2 heterocycles. The highest BCUT2D eigenvalue weighted by atomic mass is 79.9. The molecule has 2 aromatic heterocycles. The van der Waals surface area contributed by atoms with Gasteiger partial charge in [0.25, 0.3) is 0 Å². The zero-order valence-electron chi connectivity index (χ0n) is 9.89. The summed E-state index contributed by atoms with van der Waals surface area (Å²) in [6, 6.07) is 17.9. The van der Waals surface area contributed by atoms with Gasteiger partial charge in [0.2, 0.25) is 0 Å². The third-order valence-corrected chi connectivity index (χ3v) is 3.97. The molecule has 0 saturated heterocycles. The Bertz CT molecular complexity index is 853. The molecule has 4 aromatic rings. The van der Waals surface area contributed by atoms with Crippen molar-refractivity contribution >= 4 is 37.9 Å². The molecule has 0 atom stereocenters. The molecule has 0 aliphatic heterocycles. The van der Waals surface area contributed by atoms with E-state index in [-0.39, 0.29) is 0 Å². The monoisotopic (exact) mass is 312 g/mol. The van der Waals surface area contributed by atoms with E-state index in [0.29, 0.717) is 0 Å². The predicted molar refractivity (Wildman–Crippen MR) is 79.1 cm³/mol. The van der Waals surface area contributed by atoms with Gasteiger partial charge in [-0.25, -0.2) is 0 Å². The lowest BCUT2D eigenvalue weighted by molar-refractivity contribution is 0.568. The third-order valence-electron chi connectivity index (χ3n) is 3.18. The lowest BCUT2D eigenvalue weighted by Gasteiger charge is -1.90. The summed E-state index contributed by atoms with van der Waals surface area (Å²) >= 11 is 3.59. The second-order valence-electron chi connectivity index (χ2n) is 4.39. The van der Waals surface area contributed by atoms with Crippen LogP contribution >= 0.6 is 15.9 Å². The first-order chi connectivity index (χ1) is 9.33. The van der Waals surface area contributed by atoms with Crippen LogP contribution in [0.3, 0.4) is 0 Å². The molecule has 92 valence electrons. The lowest BCUT2D eigenvalue weighted by atomic mass is 10.2. The van der Waals surface area contributed by atoms with Crippen LogP contribution in [0.4, 0.5) is 0 Å². The number of hydrogen-bond acceptors (Lipinski definition) is 2. The Hall–Kier alpha value is -2.00. The van der Waals surface area contributed by atoms with Gasteiger partial charge < -0.3 is 8.83 Å². The Morgan fingerprint density at radius 1 is 0.789 bits per heavy atom. The van der Waals surface area contributed by atoms with Crippen LogP contribution in [-0.2, 0) is 0 Å². The van der Waals surface area contributed by atoms with E-state index < -0.39 is 0 Å². The molecule has 2 aromatic carbocycles. The summed E-state index contributed by atoms with van der Waals surface area (Å²) in [5.74, 6) is 1.47. The predicted octanol–water partition coefficient (Wildman–Crippen LogP) is 5.61. The van der Waals surface area contributed by atoms with Crippen LogP contribution in [0.25, 0.3) is 33.5 Å². The maximum atomic E-state index is 5.87. The summed E-state index contributed by atoms with van der Waals surface area (Å²) in [5, 5.41) is 2.13. The fourth-order valence-electron chi connectivity index (χ4n) is 2.27. The molecule has 0 saturated carbocycles. The van der Waals surface area contributed by atoms with E-state index >= 15 is 0 Å². The van der Waals surface area contributed by atoms with Crippen molar-refractivity contribution < 1.29 is 8.83 Å². The van der Waals surface area contributed by atoms with Crippen molar-refractivity contribution in [3.05, 3.63) is 59.1 Å². The van der Waals surface area contributed by atoms with Gasteiger partial charge >= 0.3 is 0 Å². The molecule has 0 aliphatic carbocycles. The van der Waals surface area contributed by atoms with Crippen LogP contribution in [0.1, 0.15) is 0 Å². The lowest BCUT2D eigenvalue weighted by Crippen LogP contribution is -1.67. The average Bonchev–Trinajstić information content (AvgIpc) is 3.00. The number of furan rings is 2. The maximum absolute atomic E-state index is 5.87. The largest absolute Gasteiger partial charge is 0.453 e. The normalized spacial score (nSPS) is 11.4. The molecule has 0 radical (unpaired) electrons. The van der Waals surface area contributed by atoms with Gasteiger partial charge in [-0.1, -0.05) is 30.3 Å². The number of rotatable bonds is 1. The van der Waals surface area contributed by atoms with E-state index in [2.05, 4.69) is 15.9 Å². The van der Waals surface area contributed by atoms with Crippen molar-refractivity contribution in [3.8, 4) is 11.5 Å². The summed E-state index contributed by atoms with van der Waals surface area (Å²) in [6.07, 6.45) is 0. The van der Waals surface area contributed by atoms with E-state index in [0.717, 1.165) is 37.9 Å². The van der Waals surface area contributed by atoms with Gasteiger partial charge in [0.05, 0.1) is 4.47 Å². The Labute approximate surface area is 117 Å². The van der Waals surface area contributed by atoms with E-state index in [4.69, 9.17) is 8.83 Å². The number of para-hydroxylation sites is 2. The van der Waals surface area contributed by atoms with Gasteiger partial charge in [-0.05, 0) is 40.2 Å². The molecule has 0 N–H and O–H groups in total. The maximum Gasteiger partial charge on any atom is 0.184 e. The van der Waals surface area contributed by atoms with Crippen LogP contribution < -0.4 is 0 Å². The summed E-state index contributed by atoms with van der Waals surface area (Å²) in [4.78, 5) is 0.